The third kappa shape index (κ3) is 7.32. The molecule has 25 heavy (non-hydrogen) atoms. The number of primary amides is 1. The van der Waals surface area contributed by atoms with E-state index in [1.54, 1.807) is 12.1 Å². The van der Waals surface area contributed by atoms with Crippen molar-refractivity contribution in [3.63, 3.8) is 0 Å². The summed E-state index contributed by atoms with van der Waals surface area (Å²) in [6, 6.07) is 7.24. The second-order valence-electron chi connectivity index (χ2n) is 6.38. The quantitative estimate of drug-likeness (QED) is 0.655. The molecule has 6 nitrogen and oxygen atoms in total. The van der Waals surface area contributed by atoms with Gasteiger partial charge in [0, 0.05) is 6.42 Å². The van der Waals surface area contributed by atoms with E-state index in [2.05, 4.69) is 17.6 Å². The predicted molar refractivity (Wildman–Crippen MR) is 101 cm³/mol. The van der Waals surface area contributed by atoms with Crippen LogP contribution in [0.5, 0.6) is 5.75 Å². The van der Waals surface area contributed by atoms with Crippen LogP contribution in [0.25, 0.3) is 0 Å². The number of nitrogens with one attached hydrogen (secondary N) is 2. The first-order valence-electron chi connectivity index (χ1n) is 8.57. The summed E-state index contributed by atoms with van der Waals surface area (Å²) >= 11 is 0. The van der Waals surface area contributed by atoms with E-state index in [0.29, 0.717) is 29.7 Å². The molecule has 0 saturated carbocycles. The fourth-order valence-corrected chi connectivity index (χ4v) is 3.03. The maximum Gasteiger partial charge on any atom is 0.224 e. The summed E-state index contributed by atoms with van der Waals surface area (Å²) < 4.78 is 5.55. The van der Waals surface area contributed by atoms with Gasteiger partial charge in [0.1, 0.15) is 5.75 Å². The summed E-state index contributed by atoms with van der Waals surface area (Å²) in [5.41, 5.74) is 5.74. The summed E-state index contributed by atoms with van der Waals surface area (Å²) in [4.78, 5) is 23.1. The smallest absolute Gasteiger partial charge is 0.224 e. The number of ether oxygens (including phenoxy) is 1. The number of carbonyl (C=O) groups excluding carboxylic acids is 2. The van der Waals surface area contributed by atoms with Crippen molar-refractivity contribution in [3.8, 4) is 5.75 Å². The van der Waals surface area contributed by atoms with E-state index in [4.69, 9.17) is 10.5 Å². The molecule has 140 valence electrons. The lowest BCUT2D eigenvalue weighted by atomic mass is 9.84. The van der Waals surface area contributed by atoms with E-state index >= 15 is 0 Å². The van der Waals surface area contributed by atoms with Gasteiger partial charge in [-0.25, -0.2) is 0 Å². The molecule has 0 bridgehead atoms. The van der Waals surface area contributed by atoms with Gasteiger partial charge in [0.15, 0.2) is 0 Å². The Kier molecular flexibility index (Phi) is 9.31. The fraction of sp³-hybridized carbons (Fsp3) is 0.556. The fourth-order valence-electron chi connectivity index (χ4n) is 3.03. The van der Waals surface area contributed by atoms with Crippen LogP contribution in [0.3, 0.4) is 0 Å². The Hall–Kier alpha value is -1.79. The molecule has 1 aromatic carbocycles. The van der Waals surface area contributed by atoms with Crippen LogP contribution in [0.4, 0.5) is 5.69 Å². The van der Waals surface area contributed by atoms with Gasteiger partial charge in [-0.3, -0.25) is 9.59 Å². The maximum atomic E-state index is 12.3. The Morgan fingerprint density at radius 1 is 1.32 bits per heavy atom. The summed E-state index contributed by atoms with van der Waals surface area (Å²) in [6.45, 7) is 4.42. The standard InChI is InChI=1S/C18H27N3O3.ClH/c1-13(14-6-9-20-10-7-14)12-18(23)21-15-4-2-3-5-16(15)24-11-8-17(19)22;/h2-5,13-14,20H,6-12H2,1H3,(H2,19,22)(H,21,23);1H. The van der Waals surface area contributed by atoms with E-state index in [-0.39, 0.29) is 31.3 Å². The van der Waals surface area contributed by atoms with Crippen molar-refractivity contribution >= 4 is 29.9 Å². The van der Waals surface area contributed by atoms with Crippen LogP contribution in [0.2, 0.25) is 0 Å². The monoisotopic (exact) mass is 369 g/mol. The second-order valence-corrected chi connectivity index (χ2v) is 6.38. The van der Waals surface area contributed by atoms with Crippen molar-refractivity contribution in [1.29, 1.82) is 0 Å². The van der Waals surface area contributed by atoms with E-state index in [1.165, 1.54) is 0 Å². The molecule has 2 rings (SSSR count). The highest BCUT2D eigenvalue weighted by Gasteiger charge is 2.22. The summed E-state index contributed by atoms with van der Waals surface area (Å²) in [7, 11) is 0. The molecule has 4 N–H and O–H groups in total. The van der Waals surface area contributed by atoms with Gasteiger partial charge in [-0.1, -0.05) is 19.1 Å². The molecular weight excluding hydrogens is 342 g/mol. The number of carbonyl (C=O) groups is 2. The van der Waals surface area contributed by atoms with E-state index in [9.17, 15) is 9.59 Å². The summed E-state index contributed by atoms with van der Waals surface area (Å²) in [6.07, 6.45) is 2.90. The highest BCUT2D eigenvalue weighted by atomic mass is 35.5. The summed E-state index contributed by atoms with van der Waals surface area (Å²) in [5, 5.41) is 6.27. The molecule has 2 amide bonds. The third-order valence-corrected chi connectivity index (χ3v) is 4.46. The molecule has 0 radical (unpaired) electrons. The van der Waals surface area contributed by atoms with E-state index < -0.39 is 5.91 Å². The number of benzene rings is 1. The van der Waals surface area contributed by atoms with Crippen LogP contribution in [-0.2, 0) is 9.59 Å². The van der Waals surface area contributed by atoms with Gasteiger partial charge in [0.25, 0.3) is 0 Å². The van der Waals surface area contributed by atoms with Gasteiger partial charge in [0.2, 0.25) is 11.8 Å². The normalized spacial score (nSPS) is 15.7. The first-order valence-corrected chi connectivity index (χ1v) is 8.57. The van der Waals surface area contributed by atoms with Crippen molar-refractivity contribution in [2.45, 2.75) is 32.6 Å². The number of piperidine rings is 1. The first kappa shape index (κ1) is 21.3. The first-order chi connectivity index (χ1) is 11.6. The van der Waals surface area contributed by atoms with Gasteiger partial charge in [-0.2, -0.15) is 0 Å². The minimum absolute atomic E-state index is 0. The number of amides is 2. The molecule has 1 heterocycles. The average molecular weight is 370 g/mol. The number of para-hydroxylation sites is 2. The largest absolute Gasteiger partial charge is 0.491 e. The molecule has 1 unspecified atom stereocenters. The Labute approximate surface area is 155 Å². The second kappa shape index (κ2) is 10.9. The zero-order valence-corrected chi connectivity index (χ0v) is 15.4. The SMILES string of the molecule is CC(CC(=O)Nc1ccccc1OCCC(N)=O)C1CCNCC1.Cl. The zero-order chi connectivity index (χ0) is 17.4. The highest BCUT2D eigenvalue weighted by molar-refractivity contribution is 5.92. The molecule has 0 spiro atoms. The van der Waals surface area contributed by atoms with Crippen LogP contribution >= 0.6 is 12.4 Å². The van der Waals surface area contributed by atoms with Gasteiger partial charge in [-0.05, 0) is 49.9 Å². The number of anilines is 1. The Morgan fingerprint density at radius 3 is 2.68 bits per heavy atom. The zero-order valence-electron chi connectivity index (χ0n) is 14.6. The van der Waals surface area contributed by atoms with Crippen molar-refractivity contribution in [1.82, 2.24) is 5.32 Å². The van der Waals surface area contributed by atoms with Crippen LogP contribution in [0.1, 0.15) is 32.6 Å². The minimum Gasteiger partial charge on any atom is -0.491 e. The Balaban J connectivity index is 0.00000312. The lowest BCUT2D eigenvalue weighted by Gasteiger charge is -2.28. The average Bonchev–Trinajstić information content (AvgIpc) is 2.57. The van der Waals surface area contributed by atoms with E-state index in [0.717, 1.165) is 25.9 Å². The van der Waals surface area contributed by atoms with Crippen molar-refractivity contribution in [2.75, 3.05) is 25.0 Å². The van der Waals surface area contributed by atoms with Gasteiger partial charge >= 0.3 is 0 Å². The molecule has 1 saturated heterocycles. The number of halogens is 1. The predicted octanol–water partition coefficient (Wildman–Crippen LogP) is 2.33. The Bertz CT molecular complexity index is 562. The van der Waals surface area contributed by atoms with Crippen molar-refractivity contribution in [3.05, 3.63) is 24.3 Å². The highest BCUT2D eigenvalue weighted by Crippen LogP contribution is 2.27. The van der Waals surface area contributed by atoms with Crippen LogP contribution in [0, 0.1) is 11.8 Å². The Morgan fingerprint density at radius 2 is 2.00 bits per heavy atom. The number of rotatable bonds is 8. The lowest BCUT2D eigenvalue weighted by Crippen LogP contribution is -2.32. The van der Waals surface area contributed by atoms with Crippen molar-refractivity contribution < 1.29 is 14.3 Å². The summed E-state index contributed by atoms with van der Waals surface area (Å²) in [5.74, 6) is 1.09. The number of hydrogen-bond acceptors (Lipinski definition) is 4. The molecule has 0 aliphatic carbocycles. The molecule has 1 fully saturated rings. The molecule has 1 aliphatic rings. The maximum absolute atomic E-state index is 12.3. The third-order valence-electron chi connectivity index (χ3n) is 4.46. The molecular formula is C18H28ClN3O3. The lowest BCUT2D eigenvalue weighted by molar-refractivity contribution is -0.119. The molecule has 1 aromatic rings. The molecule has 1 aliphatic heterocycles. The van der Waals surface area contributed by atoms with Crippen LogP contribution < -0.4 is 21.1 Å². The molecule has 0 aromatic heterocycles. The van der Waals surface area contributed by atoms with Crippen LogP contribution in [-0.4, -0.2) is 31.5 Å². The van der Waals surface area contributed by atoms with Gasteiger partial charge in [-0.15, -0.1) is 12.4 Å². The number of nitrogens with two attached hydrogens (primary N) is 1. The topological polar surface area (TPSA) is 93.4 Å². The molecule has 1 atom stereocenters. The van der Waals surface area contributed by atoms with Gasteiger partial charge in [0.05, 0.1) is 18.7 Å². The van der Waals surface area contributed by atoms with Gasteiger partial charge < -0.3 is 21.1 Å². The number of hydrogen-bond donors (Lipinski definition) is 3. The van der Waals surface area contributed by atoms with Crippen LogP contribution in [0.15, 0.2) is 24.3 Å². The van der Waals surface area contributed by atoms with Crippen molar-refractivity contribution in [2.24, 2.45) is 17.6 Å². The van der Waals surface area contributed by atoms with E-state index in [1.807, 2.05) is 12.1 Å². The minimum atomic E-state index is -0.410. The molecule has 7 heteroatoms.